The van der Waals surface area contributed by atoms with Gasteiger partial charge in [-0.15, -0.1) is 0 Å². The van der Waals surface area contributed by atoms with Gasteiger partial charge in [-0.2, -0.15) is 0 Å². The van der Waals surface area contributed by atoms with E-state index in [1.807, 2.05) is 0 Å². The molecule has 3 rings (SSSR count). The number of carbonyl (C=O) groups excluding carboxylic acids is 1. The summed E-state index contributed by atoms with van der Waals surface area (Å²) in [4.78, 5) is 16.1. The lowest BCUT2D eigenvalue weighted by Gasteiger charge is -2.06. The van der Waals surface area contributed by atoms with Gasteiger partial charge in [-0.3, -0.25) is 4.79 Å². The molecule has 0 unspecified atom stereocenters. The molecule has 25 heavy (non-hydrogen) atoms. The lowest BCUT2D eigenvalue weighted by molar-refractivity contribution is -0.116. The van der Waals surface area contributed by atoms with Crippen LogP contribution in [0, 0.1) is 11.6 Å². The van der Waals surface area contributed by atoms with Gasteiger partial charge < -0.3 is 9.73 Å². The number of nitrogens with one attached hydrogen (secondary N) is 1. The molecule has 3 aromatic rings. The molecular formula is C18H13ClF2N2O2. The van der Waals surface area contributed by atoms with Crippen molar-refractivity contribution < 1.29 is 18.0 Å². The third kappa shape index (κ3) is 4.42. The number of amides is 1. The number of benzene rings is 2. The van der Waals surface area contributed by atoms with Crippen molar-refractivity contribution in [3.05, 3.63) is 71.2 Å². The van der Waals surface area contributed by atoms with Crippen molar-refractivity contribution in [1.29, 1.82) is 0 Å². The summed E-state index contributed by atoms with van der Waals surface area (Å²) < 4.78 is 31.5. The first kappa shape index (κ1) is 17.1. The van der Waals surface area contributed by atoms with Crippen molar-refractivity contribution >= 4 is 23.2 Å². The maximum Gasteiger partial charge on any atom is 0.224 e. The van der Waals surface area contributed by atoms with Gasteiger partial charge in [0, 0.05) is 18.4 Å². The molecule has 4 nitrogen and oxygen atoms in total. The largest absolute Gasteiger partial charge is 0.441 e. The van der Waals surface area contributed by atoms with Gasteiger partial charge in [0.05, 0.1) is 16.9 Å². The maximum absolute atomic E-state index is 13.0. The van der Waals surface area contributed by atoms with Crippen LogP contribution in [0.1, 0.15) is 12.3 Å². The summed E-state index contributed by atoms with van der Waals surface area (Å²) >= 11 is 5.86. The predicted molar refractivity (Wildman–Crippen MR) is 90.3 cm³/mol. The number of oxazole rings is 1. The van der Waals surface area contributed by atoms with Crippen LogP contribution in [0.25, 0.3) is 11.3 Å². The number of aryl methyl sites for hydroxylation is 1. The predicted octanol–water partition coefficient (Wildman–Crippen LogP) is 4.84. The Hall–Kier alpha value is -2.73. The Kier molecular flexibility index (Phi) is 5.09. The number of carbonyl (C=O) groups is 1. The molecule has 1 amide bonds. The molecule has 0 fully saturated rings. The molecule has 0 saturated carbocycles. The SMILES string of the molecule is O=C(CCc1ncc(-c2ccc(F)cc2)o1)Nc1ccc(F)cc1Cl. The summed E-state index contributed by atoms with van der Waals surface area (Å²) in [6, 6.07) is 9.57. The van der Waals surface area contributed by atoms with Crippen LogP contribution in [0.3, 0.4) is 0 Å². The van der Waals surface area contributed by atoms with Crippen molar-refractivity contribution in [1.82, 2.24) is 4.98 Å². The van der Waals surface area contributed by atoms with Gasteiger partial charge in [0.1, 0.15) is 11.6 Å². The Balaban J connectivity index is 1.58. The highest BCUT2D eigenvalue weighted by atomic mass is 35.5. The normalized spacial score (nSPS) is 10.7. The van der Waals surface area contributed by atoms with Gasteiger partial charge in [-0.1, -0.05) is 11.6 Å². The first-order chi connectivity index (χ1) is 12.0. The van der Waals surface area contributed by atoms with Crippen LogP contribution < -0.4 is 5.32 Å². The summed E-state index contributed by atoms with van der Waals surface area (Å²) in [6.45, 7) is 0. The second-order valence-electron chi connectivity index (χ2n) is 5.30. The van der Waals surface area contributed by atoms with E-state index in [-0.39, 0.29) is 29.6 Å². The Morgan fingerprint density at radius 3 is 2.56 bits per heavy atom. The molecule has 0 saturated heterocycles. The summed E-state index contributed by atoms with van der Waals surface area (Å²) in [6.07, 6.45) is 1.93. The molecule has 1 aromatic heterocycles. The number of anilines is 1. The van der Waals surface area contributed by atoms with Crippen LogP contribution in [0.2, 0.25) is 5.02 Å². The number of hydrogen-bond donors (Lipinski definition) is 1. The van der Waals surface area contributed by atoms with E-state index in [1.165, 1.54) is 30.5 Å². The molecular weight excluding hydrogens is 350 g/mol. The summed E-state index contributed by atoms with van der Waals surface area (Å²) in [7, 11) is 0. The first-order valence-electron chi connectivity index (χ1n) is 7.47. The minimum Gasteiger partial charge on any atom is -0.441 e. The van der Waals surface area contributed by atoms with E-state index in [4.69, 9.17) is 16.0 Å². The number of halogens is 3. The highest BCUT2D eigenvalue weighted by Crippen LogP contribution is 2.23. The van der Waals surface area contributed by atoms with E-state index < -0.39 is 5.82 Å². The Labute approximate surface area is 147 Å². The molecule has 0 aliphatic heterocycles. The quantitative estimate of drug-likeness (QED) is 0.706. The number of rotatable bonds is 5. The third-order valence-corrected chi connectivity index (χ3v) is 3.77. The second kappa shape index (κ2) is 7.44. The minimum absolute atomic E-state index is 0.122. The molecule has 1 heterocycles. The zero-order valence-electron chi connectivity index (χ0n) is 12.9. The van der Waals surface area contributed by atoms with E-state index in [2.05, 4.69) is 10.3 Å². The molecule has 0 atom stereocenters. The zero-order valence-corrected chi connectivity index (χ0v) is 13.7. The summed E-state index contributed by atoms with van der Waals surface area (Å²) in [5.74, 6) is -0.220. The summed E-state index contributed by atoms with van der Waals surface area (Å²) in [5.41, 5.74) is 1.04. The average molecular weight is 363 g/mol. The van der Waals surface area contributed by atoms with E-state index in [0.717, 1.165) is 6.07 Å². The smallest absolute Gasteiger partial charge is 0.224 e. The summed E-state index contributed by atoms with van der Waals surface area (Å²) in [5, 5.41) is 2.73. The first-order valence-corrected chi connectivity index (χ1v) is 7.84. The number of nitrogens with zero attached hydrogens (tertiary/aromatic N) is 1. The van der Waals surface area contributed by atoms with Crippen LogP contribution >= 0.6 is 11.6 Å². The Morgan fingerprint density at radius 2 is 1.84 bits per heavy atom. The van der Waals surface area contributed by atoms with Crippen LogP contribution in [0.15, 0.2) is 53.1 Å². The van der Waals surface area contributed by atoms with E-state index >= 15 is 0 Å². The molecule has 0 aliphatic rings. The highest BCUT2D eigenvalue weighted by Gasteiger charge is 2.11. The topological polar surface area (TPSA) is 55.1 Å². The fraction of sp³-hybridized carbons (Fsp3) is 0.111. The molecule has 0 spiro atoms. The Morgan fingerprint density at radius 1 is 1.12 bits per heavy atom. The Bertz CT molecular complexity index is 894. The van der Waals surface area contributed by atoms with Crippen LogP contribution in [0.5, 0.6) is 0 Å². The standard InChI is InChI=1S/C18H13ClF2N2O2/c19-14-9-13(21)5-6-15(14)23-17(24)7-8-18-22-10-16(25-18)11-1-3-12(20)4-2-11/h1-6,9-10H,7-8H2,(H,23,24). The van der Waals surface area contributed by atoms with Gasteiger partial charge in [0.2, 0.25) is 5.91 Å². The number of hydrogen-bond acceptors (Lipinski definition) is 3. The van der Waals surface area contributed by atoms with Crippen molar-refractivity contribution in [2.24, 2.45) is 0 Å². The van der Waals surface area contributed by atoms with Gasteiger partial charge in [0.25, 0.3) is 0 Å². The maximum atomic E-state index is 13.0. The fourth-order valence-corrected chi connectivity index (χ4v) is 2.41. The molecule has 0 radical (unpaired) electrons. The van der Waals surface area contributed by atoms with Crippen molar-refractivity contribution in [3.63, 3.8) is 0 Å². The molecule has 0 bridgehead atoms. The lowest BCUT2D eigenvalue weighted by Crippen LogP contribution is -2.12. The van der Waals surface area contributed by atoms with Crippen LogP contribution in [0.4, 0.5) is 14.5 Å². The van der Waals surface area contributed by atoms with E-state index in [1.54, 1.807) is 12.1 Å². The van der Waals surface area contributed by atoms with Crippen LogP contribution in [-0.2, 0) is 11.2 Å². The molecule has 0 aliphatic carbocycles. The van der Waals surface area contributed by atoms with Gasteiger partial charge >= 0.3 is 0 Å². The minimum atomic E-state index is -0.476. The molecule has 7 heteroatoms. The molecule has 1 N–H and O–H groups in total. The van der Waals surface area contributed by atoms with Crippen molar-refractivity contribution in [2.75, 3.05) is 5.32 Å². The van der Waals surface area contributed by atoms with Gasteiger partial charge in [-0.05, 0) is 42.5 Å². The lowest BCUT2D eigenvalue weighted by atomic mass is 10.2. The zero-order chi connectivity index (χ0) is 17.8. The van der Waals surface area contributed by atoms with Gasteiger partial charge in [0.15, 0.2) is 11.7 Å². The highest BCUT2D eigenvalue weighted by molar-refractivity contribution is 6.33. The van der Waals surface area contributed by atoms with Crippen molar-refractivity contribution in [2.45, 2.75) is 12.8 Å². The van der Waals surface area contributed by atoms with E-state index in [0.29, 0.717) is 22.9 Å². The molecule has 128 valence electrons. The second-order valence-corrected chi connectivity index (χ2v) is 5.70. The third-order valence-electron chi connectivity index (χ3n) is 3.45. The monoisotopic (exact) mass is 362 g/mol. The van der Waals surface area contributed by atoms with E-state index in [9.17, 15) is 13.6 Å². The number of aromatic nitrogens is 1. The van der Waals surface area contributed by atoms with Crippen molar-refractivity contribution in [3.8, 4) is 11.3 Å². The fourth-order valence-electron chi connectivity index (χ4n) is 2.20. The average Bonchev–Trinajstić information content (AvgIpc) is 3.05. The van der Waals surface area contributed by atoms with Gasteiger partial charge in [-0.25, -0.2) is 13.8 Å². The molecule has 2 aromatic carbocycles. The van der Waals surface area contributed by atoms with Crippen LogP contribution in [-0.4, -0.2) is 10.9 Å².